The highest BCUT2D eigenvalue weighted by Crippen LogP contribution is 2.38. The summed E-state index contributed by atoms with van der Waals surface area (Å²) in [7, 11) is 0. The number of aromatic nitrogens is 1. The molecule has 1 saturated heterocycles. The van der Waals surface area contributed by atoms with E-state index in [1.807, 2.05) is 22.6 Å². The zero-order valence-electron chi connectivity index (χ0n) is 15.8. The minimum atomic E-state index is -4.65. The molecule has 1 aliphatic rings. The summed E-state index contributed by atoms with van der Waals surface area (Å²) < 4.78 is 41.5. The average molecular weight is 534 g/mol. The number of alkyl halides is 3. The summed E-state index contributed by atoms with van der Waals surface area (Å²) in [6, 6.07) is 5.03. The second-order valence-electron chi connectivity index (χ2n) is 6.71. The van der Waals surface area contributed by atoms with Crippen LogP contribution in [0.25, 0.3) is 0 Å². The molecule has 1 aromatic heterocycles. The van der Waals surface area contributed by atoms with E-state index >= 15 is 0 Å². The van der Waals surface area contributed by atoms with Gasteiger partial charge in [0.1, 0.15) is 5.56 Å². The number of carbonyl (C=O) groups is 2. The Bertz CT molecular complexity index is 1030. The number of nitrogens with zero attached hydrogens (tertiary/aromatic N) is 2. The van der Waals surface area contributed by atoms with E-state index in [4.69, 9.17) is 0 Å². The van der Waals surface area contributed by atoms with E-state index in [0.717, 1.165) is 6.07 Å². The van der Waals surface area contributed by atoms with E-state index in [9.17, 15) is 27.6 Å². The fourth-order valence-electron chi connectivity index (χ4n) is 3.24. The van der Waals surface area contributed by atoms with Gasteiger partial charge >= 0.3 is 6.18 Å². The van der Waals surface area contributed by atoms with Gasteiger partial charge in [0, 0.05) is 54.2 Å². The van der Waals surface area contributed by atoms with Crippen LogP contribution in [0.5, 0.6) is 0 Å². The average Bonchev–Trinajstić information content (AvgIpc) is 2.67. The van der Waals surface area contributed by atoms with Crippen molar-refractivity contribution in [1.82, 2.24) is 9.88 Å². The van der Waals surface area contributed by atoms with Crippen molar-refractivity contribution in [3.05, 3.63) is 55.5 Å². The van der Waals surface area contributed by atoms with Crippen LogP contribution in [0.2, 0.25) is 0 Å². The Labute approximate surface area is 183 Å². The number of H-pyrrole nitrogens is 1. The normalized spacial score (nSPS) is 14.6. The minimum Gasteiger partial charge on any atom is -0.367 e. The lowest BCUT2D eigenvalue weighted by atomic mass is 10.1. The van der Waals surface area contributed by atoms with Crippen molar-refractivity contribution in [2.45, 2.75) is 13.1 Å². The highest BCUT2D eigenvalue weighted by Gasteiger charge is 2.36. The Balaban J connectivity index is 1.88. The maximum Gasteiger partial charge on any atom is 0.418 e. The molecular weight excluding hydrogens is 516 g/mol. The number of anilines is 2. The molecule has 2 N–H and O–H groups in total. The first kappa shape index (κ1) is 22.1. The van der Waals surface area contributed by atoms with Gasteiger partial charge in [0.15, 0.2) is 0 Å². The Morgan fingerprint density at radius 2 is 1.80 bits per heavy atom. The summed E-state index contributed by atoms with van der Waals surface area (Å²) in [5.41, 5.74) is -1.78. The molecule has 11 heteroatoms. The smallest absolute Gasteiger partial charge is 0.367 e. The number of hydrogen-bond acceptors (Lipinski definition) is 4. The largest absolute Gasteiger partial charge is 0.418 e. The van der Waals surface area contributed by atoms with E-state index < -0.39 is 23.2 Å². The van der Waals surface area contributed by atoms with Crippen molar-refractivity contribution in [2.24, 2.45) is 0 Å². The quantitative estimate of drug-likeness (QED) is 0.594. The molecule has 3 rings (SSSR count). The highest BCUT2D eigenvalue weighted by atomic mass is 127. The lowest BCUT2D eigenvalue weighted by Gasteiger charge is -2.36. The zero-order chi connectivity index (χ0) is 22.1. The third-order valence-corrected chi connectivity index (χ3v) is 5.66. The van der Waals surface area contributed by atoms with Crippen LogP contribution in [0.3, 0.4) is 0 Å². The first-order valence-electron chi connectivity index (χ1n) is 8.98. The molecule has 1 aromatic carbocycles. The van der Waals surface area contributed by atoms with Gasteiger partial charge in [0.25, 0.3) is 11.5 Å². The second kappa shape index (κ2) is 8.66. The molecule has 1 aliphatic heterocycles. The van der Waals surface area contributed by atoms with Crippen molar-refractivity contribution < 1.29 is 22.8 Å². The van der Waals surface area contributed by atoms with Gasteiger partial charge in [-0.1, -0.05) is 0 Å². The Morgan fingerprint density at radius 1 is 1.13 bits per heavy atom. The molecule has 2 aromatic rings. The van der Waals surface area contributed by atoms with Crippen LogP contribution < -0.4 is 15.8 Å². The van der Waals surface area contributed by atoms with E-state index in [1.165, 1.54) is 31.3 Å². The van der Waals surface area contributed by atoms with Crippen LogP contribution in [0.4, 0.5) is 24.5 Å². The summed E-state index contributed by atoms with van der Waals surface area (Å²) in [6.45, 7) is 2.63. The molecule has 0 atom stereocenters. The number of hydrogen-bond donors (Lipinski definition) is 2. The highest BCUT2D eigenvalue weighted by molar-refractivity contribution is 14.1. The van der Waals surface area contributed by atoms with Crippen molar-refractivity contribution >= 4 is 45.8 Å². The predicted octanol–water partition coefficient (Wildman–Crippen LogP) is 2.92. The number of carbonyl (C=O) groups excluding carboxylic acids is 2. The molecule has 0 bridgehead atoms. The van der Waals surface area contributed by atoms with Crippen LogP contribution in [-0.2, 0) is 11.0 Å². The number of aromatic amines is 1. The van der Waals surface area contributed by atoms with Gasteiger partial charge in [-0.25, -0.2) is 0 Å². The summed E-state index contributed by atoms with van der Waals surface area (Å²) in [4.78, 5) is 41.3. The first-order valence-corrected chi connectivity index (χ1v) is 10.1. The topological polar surface area (TPSA) is 85.5 Å². The molecule has 0 spiro atoms. The fourth-order valence-corrected chi connectivity index (χ4v) is 3.91. The molecule has 0 aliphatic carbocycles. The van der Waals surface area contributed by atoms with Crippen LogP contribution in [0.15, 0.2) is 35.3 Å². The molecular formula is C19H18F3IN4O3. The van der Waals surface area contributed by atoms with Gasteiger partial charge in [0.05, 0.1) is 5.56 Å². The second-order valence-corrected chi connectivity index (χ2v) is 7.87. The van der Waals surface area contributed by atoms with Gasteiger partial charge < -0.3 is 20.1 Å². The lowest BCUT2D eigenvalue weighted by Crippen LogP contribution is -2.48. The maximum absolute atomic E-state index is 13.7. The summed E-state index contributed by atoms with van der Waals surface area (Å²) in [5, 5.41) is 2.37. The number of pyridine rings is 1. The molecule has 30 heavy (non-hydrogen) atoms. The standard InChI is InChI=1S/C19H18F3IN4O3/c1-11(28)26-6-8-27(9-7-26)15-3-2-12(10-13(15)19(20,21)22)25-18(30)16-14(23)4-5-24-17(16)29/h2-5,10H,6-9H2,1H3,(H,24,29)(H,25,30). The molecule has 1 fully saturated rings. The SMILES string of the molecule is CC(=O)N1CCN(c2ccc(NC(=O)c3c(I)cc[nH]c3=O)cc2C(F)(F)F)CC1. The summed E-state index contributed by atoms with van der Waals surface area (Å²) >= 11 is 1.81. The minimum absolute atomic E-state index is 0.0177. The summed E-state index contributed by atoms with van der Waals surface area (Å²) in [6.07, 6.45) is -3.27. The lowest BCUT2D eigenvalue weighted by molar-refractivity contribution is -0.137. The number of halogens is 4. The van der Waals surface area contributed by atoms with Crippen molar-refractivity contribution in [2.75, 3.05) is 36.4 Å². The molecule has 0 unspecified atom stereocenters. The number of benzene rings is 1. The van der Waals surface area contributed by atoms with E-state index in [0.29, 0.717) is 16.7 Å². The van der Waals surface area contributed by atoms with Crippen LogP contribution in [-0.4, -0.2) is 47.9 Å². The fraction of sp³-hybridized carbons (Fsp3) is 0.316. The molecule has 160 valence electrons. The first-order chi connectivity index (χ1) is 14.1. The van der Waals surface area contributed by atoms with Crippen molar-refractivity contribution in [1.29, 1.82) is 0 Å². The molecule has 2 amide bonds. The van der Waals surface area contributed by atoms with E-state index in [2.05, 4.69) is 10.3 Å². The van der Waals surface area contributed by atoms with Crippen molar-refractivity contribution in [3.63, 3.8) is 0 Å². The zero-order valence-corrected chi connectivity index (χ0v) is 18.0. The Hall–Kier alpha value is -2.57. The molecule has 0 radical (unpaired) electrons. The number of piperazine rings is 1. The predicted molar refractivity (Wildman–Crippen MR) is 114 cm³/mol. The van der Waals surface area contributed by atoms with E-state index in [-0.39, 0.29) is 35.9 Å². The Morgan fingerprint density at radius 3 is 2.37 bits per heavy atom. The van der Waals surface area contributed by atoms with Gasteiger partial charge in [-0.15, -0.1) is 0 Å². The van der Waals surface area contributed by atoms with Crippen LogP contribution in [0.1, 0.15) is 22.8 Å². The number of amides is 2. The molecule has 2 heterocycles. The maximum atomic E-state index is 13.7. The molecule has 0 saturated carbocycles. The van der Waals surface area contributed by atoms with E-state index in [1.54, 1.807) is 9.80 Å². The monoisotopic (exact) mass is 534 g/mol. The van der Waals surface area contributed by atoms with Crippen molar-refractivity contribution in [3.8, 4) is 0 Å². The van der Waals surface area contributed by atoms with Crippen LogP contribution in [0, 0.1) is 3.57 Å². The molecule has 7 nitrogen and oxygen atoms in total. The van der Waals surface area contributed by atoms with Crippen LogP contribution >= 0.6 is 22.6 Å². The van der Waals surface area contributed by atoms with Gasteiger partial charge in [-0.2, -0.15) is 13.2 Å². The number of nitrogens with one attached hydrogen (secondary N) is 2. The van der Waals surface area contributed by atoms with Gasteiger partial charge in [-0.05, 0) is 46.9 Å². The van der Waals surface area contributed by atoms with Gasteiger partial charge in [-0.3, -0.25) is 14.4 Å². The Kier molecular flexibility index (Phi) is 6.38. The summed E-state index contributed by atoms with van der Waals surface area (Å²) in [5.74, 6) is -0.911. The third-order valence-electron chi connectivity index (χ3n) is 4.76. The third kappa shape index (κ3) is 4.77. The number of rotatable bonds is 3. The van der Waals surface area contributed by atoms with Gasteiger partial charge in [0.2, 0.25) is 5.91 Å².